The Labute approximate surface area is 187 Å². The molecule has 0 heterocycles. The maximum Gasteiger partial charge on any atom is 0.167 e. The summed E-state index contributed by atoms with van der Waals surface area (Å²) < 4.78 is 0. The van der Waals surface area contributed by atoms with Crippen LogP contribution in [-0.4, -0.2) is 31.3 Å². The zero-order valence-corrected chi connectivity index (χ0v) is 19.4. The molecule has 2 nitrogen and oxygen atoms in total. The molecule has 0 aromatic heterocycles. The Balaban J connectivity index is 0. The SMILES string of the molecule is C.C=CC.CCCC(C)CN(C)C.CCc1ccccc1C(=O)Cc1ccccc1. The number of rotatable bonds is 8. The second-order valence-corrected chi connectivity index (χ2v) is 7.66. The van der Waals surface area contributed by atoms with E-state index in [1.807, 2.05) is 61.5 Å². The van der Waals surface area contributed by atoms with Gasteiger partial charge in [-0.25, -0.2) is 0 Å². The van der Waals surface area contributed by atoms with Gasteiger partial charge in [0.15, 0.2) is 5.78 Å². The van der Waals surface area contributed by atoms with Crippen LogP contribution in [0, 0.1) is 5.92 Å². The molecule has 168 valence electrons. The van der Waals surface area contributed by atoms with Crippen molar-refractivity contribution in [3.05, 3.63) is 83.9 Å². The van der Waals surface area contributed by atoms with Gasteiger partial charge in [-0.3, -0.25) is 4.79 Å². The lowest BCUT2D eigenvalue weighted by Crippen LogP contribution is -2.19. The molecule has 0 aliphatic carbocycles. The minimum Gasteiger partial charge on any atom is -0.309 e. The smallest absolute Gasteiger partial charge is 0.167 e. The van der Waals surface area contributed by atoms with Crippen molar-refractivity contribution in [1.29, 1.82) is 0 Å². The summed E-state index contributed by atoms with van der Waals surface area (Å²) in [6, 6.07) is 17.7. The second-order valence-electron chi connectivity index (χ2n) is 7.66. The second kappa shape index (κ2) is 18.8. The van der Waals surface area contributed by atoms with Crippen molar-refractivity contribution in [2.75, 3.05) is 20.6 Å². The lowest BCUT2D eigenvalue weighted by atomic mass is 9.97. The first-order valence-electron chi connectivity index (χ1n) is 10.8. The zero-order chi connectivity index (χ0) is 22.1. The monoisotopic (exact) mass is 411 g/mol. The third-order valence-corrected chi connectivity index (χ3v) is 4.36. The van der Waals surface area contributed by atoms with Crippen molar-refractivity contribution < 1.29 is 4.79 Å². The molecule has 0 spiro atoms. The van der Waals surface area contributed by atoms with Gasteiger partial charge in [0.1, 0.15) is 0 Å². The van der Waals surface area contributed by atoms with E-state index in [0.717, 1.165) is 29.0 Å². The van der Waals surface area contributed by atoms with Crippen LogP contribution in [0.25, 0.3) is 0 Å². The predicted molar refractivity (Wildman–Crippen MR) is 136 cm³/mol. The molecule has 0 amide bonds. The molecule has 0 bridgehead atoms. The standard InChI is InChI=1S/C16H16O.C8H19N.C3H6.CH4/c1-2-14-10-6-7-11-15(14)16(17)12-13-8-4-3-5-9-13;1-5-6-8(2)7-9(3)4;1-3-2;/h3-11H,2,12H2,1H3;8H,5-7H2,1-4H3;3H,1H2,2H3;1H4. The van der Waals surface area contributed by atoms with Crippen molar-refractivity contribution in [2.45, 2.75) is 60.8 Å². The van der Waals surface area contributed by atoms with Gasteiger partial charge in [0, 0.05) is 18.5 Å². The topological polar surface area (TPSA) is 20.3 Å². The Hall–Kier alpha value is -2.19. The molecule has 0 radical (unpaired) electrons. The lowest BCUT2D eigenvalue weighted by Gasteiger charge is -2.15. The Kier molecular flexibility index (Phi) is 18.8. The van der Waals surface area contributed by atoms with E-state index in [2.05, 4.69) is 46.3 Å². The molecule has 1 atom stereocenters. The Morgan fingerprint density at radius 3 is 2.07 bits per heavy atom. The third kappa shape index (κ3) is 13.9. The number of Topliss-reactive ketones (excluding diaryl/α,β-unsaturated/α-hetero) is 1. The Bertz CT molecular complexity index is 676. The number of carbonyl (C=O) groups excluding carboxylic acids is 1. The number of ketones is 1. The van der Waals surface area contributed by atoms with Gasteiger partial charge in [-0.2, -0.15) is 0 Å². The zero-order valence-electron chi connectivity index (χ0n) is 19.4. The van der Waals surface area contributed by atoms with Crippen LogP contribution in [0.2, 0.25) is 0 Å². The average Bonchev–Trinajstić information content (AvgIpc) is 2.69. The highest BCUT2D eigenvalue weighted by molar-refractivity contribution is 5.98. The molecule has 0 saturated carbocycles. The minimum absolute atomic E-state index is 0. The van der Waals surface area contributed by atoms with E-state index in [-0.39, 0.29) is 13.2 Å². The van der Waals surface area contributed by atoms with Crippen molar-refractivity contribution in [1.82, 2.24) is 4.90 Å². The number of carbonyl (C=O) groups is 1. The van der Waals surface area contributed by atoms with Crippen molar-refractivity contribution in [2.24, 2.45) is 5.92 Å². The molecule has 1 unspecified atom stereocenters. The molecule has 2 aromatic rings. The molecule has 0 N–H and O–H groups in total. The van der Waals surface area contributed by atoms with Crippen molar-refractivity contribution in [3.63, 3.8) is 0 Å². The fraction of sp³-hybridized carbons (Fsp3) is 0.464. The first kappa shape index (κ1) is 30.0. The number of hydrogen-bond acceptors (Lipinski definition) is 2. The van der Waals surface area contributed by atoms with Crippen LogP contribution in [0.4, 0.5) is 0 Å². The fourth-order valence-electron chi connectivity index (χ4n) is 3.18. The maximum atomic E-state index is 12.2. The van der Waals surface area contributed by atoms with Crippen molar-refractivity contribution >= 4 is 5.78 Å². The quantitative estimate of drug-likeness (QED) is 0.331. The van der Waals surface area contributed by atoms with E-state index in [1.54, 1.807) is 6.08 Å². The normalized spacial score (nSPS) is 10.5. The van der Waals surface area contributed by atoms with E-state index in [4.69, 9.17) is 0 Å². The Morgan fingerprint density at radius 2 is 1.57 bits per heavy atom. The first-order chi connectivity index (χ1) is 13.9. The molecule has 30 heavy (non-hydrogen) atoms. The molecule has 2 heteroatoms. The largest absolute Gasteiger partial charge is 0.309 e. The number of nitrogens with zero attached hydrogens (tertiary/aromatic N) is 1. The molecular formula is C28H45NO. The average molecular weight is 412 g/mol. The highest BCUT2D eigenvalue weighted by Crippen LogP contribution is 2.13. The summed E-state index contributed by atoms with van der Waals surface area (Å²) in [5.74, 6) is 1.07. The van der Waals surface area contributed by atoms with Crippen LogP contribution >= 0.6 is 0 Å². The summed E-state index contributed by atoms with van der Waals surface area (Å²) in [4.78, 5) is 14.4. The van der Waals surface area contributed by atoms with E-state index in [9.17, 15) is 4.79 Å². The maximum absolute atomic E-state index is 12.2. The number of allylic oxidation sites excluding steroid dienone is 1. The van der Waals surface area contributed by atoms with Crippen LogP contribution in [0.3, 0.4) is 0 Å². The molecule has 0 aliphatic heterocycles. The first-order valence-corrected chi connectivity index (χ1v) is 10.8. The van der Waals surface area contributed by atoms with Gasteiger partial charge in [-0.05, 0) is 50.9 Å². The number of hydrogen-bond donors (Lipinski definition) is 0. The van der Waals surface area contributed by atoms with Gasteiger partial charge in [0.2, 0.25) is 0 Å². The van der Waals surface area contributed by atoms with E-state index in [1.165, 1.54) is 19.4 Å². The number of benzene rings is 2. The summed E-state index contributed by atoms with van der Waals surface area (Å²) in [5.41, 5.74) is 3.07. The van der Waals surface area contributed by atoms with Crippen LogP contribution in [-0.2, 0) is 12.8 Å². The summed E-state index contributed by atoms with van der Waals surface area (Å²) >= 11 is 0. The van der Waals surface area contributed by atoms with Gasteiger partial charge >= 0.3 is 0 Å². The highest BCUT2D eigenvalue weighted by atomic mass is 16.1. The van der Waals surface area contributed by atoms with Gasteiger partial charge in [-0.15, -0.1) is 6.58 Å². The molecular weight excluding hydrogens is 366 g/mol. The van der Waals surface area contributed by atoms with Crippen molar-refractivity contribution in [3.8, 4) is 0 Å². The van der Waals surface area contributed by atoms with Gasteiger partial charge in [-0.1, -0.05) is 95.3 Å². The molecule has 2 aromatic carbocycles. The lowest BCUT2D eigenvalue weighted by molar-refractivity contribution is 0.0992. The molecule has 2 rings (SSSR count). The minimum atomic E-state index is 0. The summed E-state index contributed by atoms with van der Waals surface area (Å²) in [7, 11) is 4.26. The third-order valence-electron chi connectivity index (χ3n) is 4.36. The molecule has 0 saturated heterocycles. The van der Waals surface area contributed by atoms with Gasteiger partial charge < -0.3 is 4.90 Å². The van der Waals surface area contributed by atoms with E-state index >= 15 is 0 Å². The molecule has 0 fully saturated rings. The van der Waals surface area contributed by atoms with Crippen LogP contribution in [0.15, 0.2) is 67.3 Å². The van der Waals surface area contributed by atoms with Gasteiger partial charge in [0.25, 0.3) is 0 Å². The van der Waals surface area contributed by atoms with Crippen LogP contribution in [0.1, 0.15) is 69.4 Å². The fourth-order valence-corrected chi connectivity index (χ4v) is 3.18. The number of aryl methyl sites for hydroxylation is 1. The predicted octanol–water partition coefficient (Wildman–Crippen LogP) is 7.49. The summed E-state index contributed by atoms with van der Waals surface area (Å²) in [6.45, 7) is 13.1. The van der Waals surface area contributed by atoms with Crippen LogP contribution in [0.5, 0.6) is 0 Å². The van der Waals surface area contributed by atoms with Crippen LogP contribution < -0.4 is 0 Å². The van der Waals surface area contributed by atoms with E-state index < -0.39 is 0 Å². The summed E-state index contributed by atoms with van der Waals surface area (Å²) in [5, 5.41) is 0. The van der Waals surface area contributed by atoms with E-state index in [0.29, 0.717) is 6.42 Å². The van der Waals surface area contributed by atoms with Gasteiger partial charge in [0.05, 0.1) is 0 Å². The summed E-state index contributed by atoms with van der Waals surface area (Å²) in [6.07, 6.45) is 5.81. The molecule has 0 aliphatic rings. The Morgan fingerprint density at radius 1 is 1.03 bits per heavy atom. The highest BCUT2D eigenvalue weighted by Gasteiger charge is 2.10.